The van der Waals surface area contributed by atoms with E-state index in [2.05, 4.69) is 10.9 Å². The Kier molecular flexibility index (Phi) is 4.15. The first kappa shape index (κ1) is 10.7. The van der Waals surface area contributed by atoms with Crippen molar-refractivity contribution >= 4 is 17.4 Å². The Balaban J connectivity index is 2.62. The predicted octanol–water partition coefficient (Wildman–Crippen LogP) is 2.72. The number of aromatic nitrogens is 1. The molecule has 1 heterocycles. The van der Waals surface area contributed by atoms with Crippen LogP contribution in [0.1, 0.15) is 29.8 Å². The molecule has 0 radical (unpaired) electrons. The second-order valence-corrected chi connectivity index (χ2v) is 3.22. The van der Waals surface area contributed by atoms with Crippen LogP contribution in [0.5, 0.6) is 0 Å². The van der Waals surface area contributed by atoms with Crippen LogP contribution in [0.2, 0.25) is 5.02 Å². The fourth-order valence-corrected chi connectivity index (χ4v) is 1.29. The highest BCUT2D eigenvalue weighted by molar-refractivity contribution is 6.33. The molecule has 3 heteroatoms. The molecule has 1 aromatic rings. The van der Waals surface area contributed by atoms with Crippen molar-refractivity contribution in [2.45, 2.75) is 19.3 Å². The third kappa shape index (κ3) is 2.86. The van der Waals surface area contributed by atoms with E-state index in [-0.39, 0.29) is 5.78 Å². The van der Waals surface area contributed by atoms with E-state index in [1.54, 1.807) is 18.3 Å². The van der Waals surface area contributed by atoms with E-state index in [9.17, 15) is 4.79 Å². The van der Waals surface area contributed by atoms with Crippen LogP contribution in [0.25, 0.3) is 0 Å². The zero-order valence-electron chi connectivity index (χ0n) is 7.66. The van der Waals surface area contributed by atoms with Gasteiger partial charge in [0.05, 0.1) is 5.02 Å². The number of terminal acetylenes is 1. The number of hydrogen-bond donors (Lipinski definition) is 0. The van der Waals surface area contributed by atoms with Gasteiger partial charge >= 0.3 is 0 Å². The molecule has 0 unspecified atom stereocenters. The fraction of sp³-hybridized carbons (Fsp3) is 0.273. The molecule has 0 spiro atoms. The Morgan fingerprint density at radius 2 is 2.43 bits per heavy atom. The van der Waals surface area contributed by atoms with Crippen molar-refractivity contribution in [3.8, 4) is 12.3 Å². The molecule has 2 nitrogen and oxygen atoms in total. The molecule has 0 atom stereocenters. The summed E-state index contributed by atoms with van der Waals surface area (Å²) < 4.78 is 0. The summed E-state index contributed by atoms with van der Waals surface area (Å²) in [5, 5.41) is 0.401. The van der Waals surface area contributed by atoms with Crippen molar-refractivity contribution in [2.24, 2.45) is 0 Å². The average Bonchev–Trinajstić information content (AvgIpc) is 2.18. The molecule has 0 bridgehead atoms. The van der Waals surface area contributed by atoms with Crippen molar-refractivity contribution in [3.05, 3.63) is 29.0 Å². The Bertz CT molecular complexity index is 368. The van der Waals surface area contributed by atoms with Crippen LogP contribution in [0.4, 0.5) is 0 Å². The summed E-state index contributed by atoms with van der Waals surface area (Å²) >= 11 is 5.81. The maximum absolute atomic E-state index is 11.5. The van der Waals surface area contributed by atoms with Crippen LogP contribution < -0.4 is 0 Å². The maximum Gasteiger partial charge on any atom is 0.182 e. The smallest absolute Gasteiger partial charge is 0.182 e. The fourth-order valence-electron chi connectivity index (χ4n) is 1.06. The molecule has 1 aromatic heterocycles. The molecular formula is C11H10ClNO. The first-order valence-corrected chi connectivity index (χ1v) is 4.70. The maximum atomic E-state index is 11.5. The summed E-state index contributed by atoms with van der Waals surface area (Å²) in [4.78, 5) is 15.4. The number of hydrogen-bond acceptors (Lipinski definition) is 2. The monoisotopic (exact) mass is 207 g/mol. The summed E-state index contributed by atoms with van der Waals surface area (Å²) in [5.41, 5.74) is 0.339. The summed E-state index contributed by atoms with van der Waals surface area (Å²) in [7, 11) is 0. The van der Waals surface area contributed by atoms with Crippen molar-refractivity contribution in [1.29, 1.82) is 0 Å². The van der Waals surface area contributed by atoms with Crippen molar-refractivity contribution in [1.82, 2.24) is 4.98 Å². The molecule has 72 valence electrons. The van der Waals surface area contributed by atoms with Gasteiger partial charge in [0.25, 0.3) is 0 Å². The number of carbonyl (C=O) groups is 1. The first-order chi connectivity index (χ1) is 6.75. The van der Waals surface area contributed by atoms with Crippen molar-refractivity contribution < 1.29 is 4.79 Å². The quantitative estimate of drug-likeness (QED) is 0.432. The van der Waals surface area contributed by atoms with E-state index in [0.29, 0.717) is 30.0 Å². The van der Waals surface area contributed by atoms with E-state index in [1.807, 2.05) is 0 Å². The molecule has 0 aromatic carbocycles. The molecule has 14 heavy (non-hydrogen) atoms. The molecule has 0 amide bonds. The standard InChI is InChI=1S/C11H10ClNO/c1-2-3-4-7-10(14)11-9(12)6-5-8-13-11/h1,5-6,8H,3-4,7H2. The zero-order valence-corrected chi connectivity index (χ0v) is 8.42. The number of nitrogens with zero attached hydrogens (tertiary/aromatic N) is 1. The van der Waals surface area contributed by atoms with Gasteiger partial charge in [0.1, 0.15) is 5.69 Å². The second-order valence-electron chi connectivity index (χ2n) is 2.81. The molecule has 0 aliphatic rings. The second kappa shape index (κ2) is 5.41. The van der Waals surface area contributed by atoms with Gasteiger partial charge in [0, 0.05) is 19.0 Å². The van der Waals surface area contributed by atoms with Crippen molar-refractivity contribution in [2.75, 3.05) is 0 Å². The highest BCUT2D eigenvalue weighted by atomic mass is 35.5. The molecule has 1 rings (SSSR count). The number of halogens is 1. The predicted molar refractivity (Wildman–Crippen MR) is 56.3 cm³/mol. The lowest BCUT2D eigenvalue weighted by Gasteiger charge is -2.00. The van der Waals surface area contributed by atoms with Gasteiger partial charge in [-0.3, -0.25) is 9.78 Å². The minimum atomic E-state index is -0.0501. The van der Waals surface area contributed by atoms with Crippen LogP contribution in [0, 0.1) is 12.3 Å². The number of rotatable bonds is 4. The SMILES string of the molecule is C#CCCCC(=O)c1ncccc1Cl. The number of carbonyl (C=O) groups excluding carboxylic acids is 1. The molecule has 0 fully saturated rings. The summed E-state index contributed by atoms with van der Waals surface area (Å²) in [6.07, 6.45) is 8.33. The van der Waals surface area contributed by atoms with Gasteiger partial charge < -0.3 is 0 Å². The largest absolute Gasteiger partial charge is 0.292 e. The van der Waals surface area contributed by atoms with Gasteiger partial charge in [-0.2, -0.15) is 0 Å². The Hall–Kier alpha value is -1.33. The van der Waals surface area contributed by atoms with E-state index < -0.39 is 0 Å². The van der Waals surface area contributed by atoms with Crippen molar-refractivity contribution in [3.63, 3.8) is 0 Å². The Labute approximate surface area is 88.3 Å². The van der Waals surface area contributed by atoms with Crippen LogP contribution >= 0.6 is 11.6 Å². The van der Waals surface area contributed by atoms with Crippen LogP contribution in [-0.2, 0) is 0 Å². The molecular weight excluding hydrogens is 198 g/mol. The normalized spacial score (nSPS) is 9.43. The van der Waals surface area contributed by atoms with E-state index >= 15 is 0 Å². The number of ketones is 1. The Morgan fingerprint density at radius 3 is 3.07 bits per heavy atom. The minimum absolute atomic E-state index is 0.0501. The summed E-state index contributed by atoms with van der Waals surface area (Å²) in [5.74, 6) is 2.43. The molecule has 0 saturated heterocycles. The topological polar surface area (TPSA) is 30.0 Å². The lowest BCUT2D eigenvalue weighted by Crippen LogP contribution is -2.02. The number of Topliss-reactive ketones (excluding diaryl/α,β-unsaturated/α-hetero) is 1. The van der Waals surface area contributed by atoms with Gasteiger partial charge in [0.15, 0.2) is 5.78 Å². The van der Waals surface area contributed by atoms with Crippen LogP contribution in [0.3, 0.4) is 0 Å². The molecule has 0 N–H and O–H groups in total. The van der Waals surface area contributed by atoms with Gasteiger partial charge in [-0.25, -0.2) is 0 Å². The third-order valence-corrected chi connectivity index (χ3v) is 2.05. The molecule has 0 saturated carbocycles. The van der Waals surface area contributed by atoms with Crippen LogP contribution in [-0.4, -0.2) is 10.8 Å². The Morgan fingerprint density at radius 1 is 1.64 bits per heavy atom. The molecule has 0 aliphatic carbocycles. The third-order valence-electron chi connectivity index (χ3n) is 1.75. The van der Waals surface area contributed by atoms with E-state index in [1.165, 1.54) is 0 Å². The number of pyridine rings is 1. The van der Waals surface area contributed by atoms with E-state index in [0.717, 1.165) is 0 Å². The minimum Gasteiger partial charge on any atom is -0.292 e. The van der Waals surface area contributed by atoms with Gasteiger partial charge in [-0.05, 0) is 18.6 Å². The zero-order chi connectivity index (χ0) is 10.4. The van der Waals surface area contributed by atoms with Gasteiger partial charge in [-0.15, -0.1) is 12.3 Å². The van der Waals surface area contributed by atoms with Gasteiger partial charge in [0.2, 0.25) is 0 Å². The lowest BCUT2D eigenvalue weighted by atomic mass is 10.1. The van der Waals surface area contributed by atoms with Gasteiger partial charge in [-0.1, -0.05) is 11.6 Å². The lowest BCUT2D eigenvalue weighted by molar-refractivity contribution is 0.0976. The molecule has 0 aliphatic heterocycles. The summed E-state index contributed by atoms with van der Waals surface area (Å²) in [6, 6.07) is 3.35. The summed E-state index contributed by atoms with van der Waals surface area (Å²) in [6.45, 7) is 0. The number of unbranched alkanes of at least 4 members (excludes halogenated alkanes) is 1. The first-order valence-electron chi connectivity index (χ1n) is 4.33. The van der Waals surface area contributed by atoms with E-state index in [4.69, 9.17) is 18.0 Å². The van der Waals surface area contributed by atoms with Crippen LogP contribution in [0.15, 0.2) is 18.3 Å². The average molecular weight is 208 g/mol. The highest BCUT2D eigenvalue weighted by Gasteiger charge is 2.10. The highest BCUT2D eigenvalue weighted by Crippen LogP contribution is 2.14.